The summed E-state index contributed by atoms with van der Waals surface area (Å²) >= 11 is 0. The van der Waals surface area contributed by atoms with E-state index in [4.69, 9.17) is 15.2 Å². The van der Waals surface area contributed by atoms with E-state index in [-0.39, 0.29) is 4.65 Å². The van der Waals surface area contributed by atoms with Gasteiger partial charge in [-0.05, 0) is 12.1 Å². The molecule has 0 atom stereocenters. The summed E-state index contributed by atoms with van der Waals surface area (Å²) < 4.78 is 11.1. The predicted molar refractivity (Wildman–Crippen MR) is 90.1 cm³/mol. The molecule has 0 spiro atoms. The Kier molecular flexibility index (Phi) is 4.84. The Balaban J connectivity index is 1.74. The normalized spacial score (nSPS) is 16.7. The van der Waals surface area contributed by atoms with Crippen LogP contribution in [0.5, 0.6) is 5.75 Å². The van der Waals surface area contributed by atoms with Crippen LogP contribution in [0.1, 0.15) is 0 Å². The van der Waals surface area contributed by atoms with Crippen LogP contribution in [0.4, 0.5) is 10.5 Å². The molecule has 24 heavy (non-hydrogen) atoms. The fourth-order valence-corrected chi connectivity index (χ4v) is 2.87. The van der Waals surface area contributed by atoms with E-state index in [0.29, 0.717) is 50.9 Å². The molecule has 0 unspecified atom stereocenters. The van der Waals surface area contributed by atoms with Gasteiger partial charge in [-0.15, -0.1) is 0 Å². The molecule has 0 saturated carbocycles. The van der Waals surface area contributed by atoms with E-state index in [1.165, 1.54) is 0 Å². The summed E-state index contributed by atoms with van der Waals surface area (Å²) in [6.45, 7) is 3.17. The SMILES string of the molecule is NC(=O)Nc1ccc(OCC[N+]2(O)CCOCC2)c2ccccc12. The average molecular weight is 332 g/mol. The van der Waals surface area contributed by atoms with E-state index in [1.54, 1.807) is 12.1 Å². The number of carbonyl (C=O) groups is 1. The number of urea groups is 1. The van der Waals surface area contributed by atoms with Crippen molar-refractivity contribution in [3.8, 4) is 5.75 Å². The highest BCUT2D eigenvalue weighted by molar-refractivity contribution is 6.03. The first-order valence-corrected chi connectivity index (χ1v) is 7.95. The van der Waals surface area contributed by atoms with Crippen molar-refractivity contribution in [1.82, 2.24) is 0 Å². The number of hydrogen-bond acceptors (Lipinski definition) is 4. The van der Waals surface area contributed by atoms with Crippen LogP contribution in [0.25, 0.3) is 10.8 Å². The quantitative estimate of drug-likeness (QED) is 0.730. The van der Waals surface area contributed by atoms with Crippen molar-refractivity contribution < 1.29 is 24.1 Å². The third-order valence-corrected chi connectivity index (χ3v) is 4.21. The molecule has 3 rings (SSSR count). The number of hydroxylamine groups is 3. The molecular formula is C17H22N3O4+. The lowest BCUT2D eigenvalue weighted by molar-refractivity contribution is -1.11. The summed E-state index contributed by atoms with van der Waals surface area (Å²) in [4.78, 5) is 11.1. The first-order valence-electron chi connectivity index (χ1n) is 7.95. The fraction of sp³-hybridized carbons (Fsp3) is 0.353. The van der Waals surface area contributed by atoms with E-state index < -0.39 is 6.03 Å². The van der Waals surface area contributed by atoms with Gasteiger partial charge in [-0.25, -0.2) is 10.0 Å². The number of quaternary nitrogens is 1. The monoisotopic (exact) mass is 332 g/mol. The Morgan fingerprint density at radius 3 is 2.62 bits per heavy atom. The van der Waals surface area contributed by atoms with Crippen molar-refractivity contribution in [2.24, 2.45) is 5.73 Å². The van der Waals surface area contributed by atoms with E-state index in [1.807, 2.05) is 24.3 Å². The number of carbonyl (C=O) groups excluding carboxylic acids is 1. The number of amides is 2. The van der Waals surface area contributed by atoms with Gasteiger partial charge < -0.3 is 20.5 Å². The molecule has 0 bridgehead atoms. The Morgan fingerprint density at radius 1 is 1.21 bits per heavy atom. The first-order chi connectivity index (χ1) is 11.6. The molecule has 1 saturated heterocycles. The van der Waals surface area contributed by atoms with Crippen LogP contribution >= 0.6 is 0 Å². The first kappa shape index (κ1) is 16.5. The van der Waals surface area contributed by atoms with E-state index in [0.717, 1.165) is 10.8 Å². The maximum absolute atomic E-state index is 11.1. The van der Waals surface area contributed by atoms with Crippen LogP contribution in [0, 0.1) is 0 Å². The number of fused-ring (bicyclic) bond motifs is 1. The molecule has 1 aliphatic rings. The lowest BCUT2D eigenvalue weighted by Gasteiger charge is -2.33. The maximum atomic E-state index is 11.1. The standard InChI is InChI=1S/C17H21N3O4/c18-17(21)19-15-5-6-16(14-4-2-1-3-13(14)15)24-12-9-20(22)7-10-23-11-8-20/h1-6,22H,7-12H2,(H2-,18,19,21)/p+1. The molecular weight excluding hydrogens is 310 g/mol. The van der Waals surface area contributed by atoms with Gasteiger partial charge in [-0.1, -0.05) is 24.3 Å². The third-order valence-electron chi connectivity index (χ3n) is 4.21. The number of nitrogens with two attached hydrogens (primary N) is 1. The zero-order valence-corrected chi connectivity index (χ0v) is 13.4. The Bertz CT molecular complexity index is 729. The van der Waals surface area contributed by atoms with Gasteiger partial charge in [-0.3, -0.25) is 0 Å². The van der Waals surface area contributed by atoms with Gasteiger partial charge in [0.2, 0.25) is 0 Å². The van der Waals surface area contributed by atoms with Gasteiger partial charge in [0, 0.05) is 10.8 Å². The summed E-state index contributed by atoms with van der Waals surface area (Å²) in [5.74, 6) is 0.709. The molecule has 4 N–H and O–H groups in total. The molecule has 1 fully saturated rings. The minimum atomic E-state index is -0.604. The van der Waals surface area contributed by atoms with Gasteiger partial charge in [-0.2, -0.15) is 4.65 Å². The molecule has 2 amide bonds. The van der Waals surface area contributed by atoms with Crippen molar-refractivity contribution in [3.63, 3.8) is 0 Å². The molecule has 0 radical (unpaired) electrons. The second-order valence-corrected chi connectivity index (χ2v) is 5.87. The molecule has 7 nitrogen and oxygen atoms in total. The fourth-order valence-electron chi connectivity index (χ4n) is 2.87. The maximum Gasteiger partial charge on any atom is 0.316 e. The summed E-state index contributed by atoms with van der Waals surface area (Å²) in [5.41, 5.74) is 5.85. The van der Waals surface area contributed by atoms with Gasteiger partial charge in [0.15, 0.2) is 0 Å². The van der Waals surface area contributed by atoms with Gasteiger partial charge in [0.1, 0.15) is 32.0 Å². The van der Waals surface area contributed by atoms with Gasteiger partial charge >= 0.3 is 6.03 Å². The number of primary amides is 1. The molecule has 7 heteroatoms. The number of nitrogens with one attached hydrogen (secondary N) is 1. The summed E-state index contributed by atoms with van der Waals surface area (Å²) in [7, 11) is 0. The second-order valence-electron chi connectivity index (χ2n) is 5.87. The predicted octanol–water partition coefficient (Wildman–Crippen LogP) is 1.95. The number of ether oxygens (including phenoxy) is 2. The smallest absolute Gasteiger partial charge is 0.316 e. The summed E-state index contributed by atoms with van der Waals surface area (Å²) in [5, 5.41) is 14.8. The minimum Gasteiger partial charge on any atom is -0.487 e. The zero-order valence-electron chi connectivity index (χ0n) is 13.4. The van der Waals surface area contributed by atoms with Crippen molar-refractivity contribution in [2.75, 3.05) is 44.8 Å². The van der Waals surface area contributed by atoms with Crippen LogP contribution in [-0.2, 0) is 4.74 Å². The Hall–Kier alpha value is -2.35. The van der Waals surface area contributed by atoms with Crippen LogP contribution in [0.2, 0.25) is 0 Å². The molecule has 1 aliphatic heterocycles. The largest absolute Gasteiger partial charge is 0.487 e. The Morgan fingerprint density at radius 2 is 1.92 bits per heavy atom. The van der Waals surface area contributed by atoms with Crippen molar-refractivity contribution in [1.29, 1.82) is 0 Å². The second kappa shape index (κ2) is 7.04. The van der Waals surface area contributed by atoms with Crippen LogP contribution in [0.15, 0.2) is 36.4 Å². The van der Waals surface area contributed by atoms with Crippen molar-refractivity contribution in [3.05, 3.63) is 36.4 Å². The Labute approximate surface area is 140 Å². The van der Waals surface area contributed by atoms with E-state index >= 15 is 0 Å². The average Bonchev–Trinajstić information content (AvgIpc) is 2.57. The number of nitrogens with zero attached hydrogens (tertiary/aromatic N) is 1. The highest BCUT2D eigenvalue weighted by atomic mass is 16.6. The molecule has 128 valence electrons. The number of anilines is 1. The van der Waals surface area contributed by atoms with E-state index in [9.17, 15) is 10.0 Å². The van der Waals surface area contributed by atoms with Crippen molar-refractivity contribution in [2.45, 2.75) is 0 Å². The van der Waals surface area contributed by atoms with Crippen LogP contribution < -0.4 is 15.8 Å². The number of rotatable bonds is 5. The lowest BCUT2D eigenvalue weighted by Crippen LogP contribution is -2.54. The molecule has 2 aromatic rings. The minimum absolute atomic E-state index is 0.0285. The molecule has 0 aliphatic carbocycles. The number of hydrogen-bond donors (Lipinski definition) is 3. The highest BCUT2D eigenvalue weighted by Crippen LogP contribution is 2.31. The highest BCUT2D eigenvalue weighted by Gasteiger charge is 2.28. The van der Waals surface area contributed by atoms with Gasteiger partial charge in [0.05, 0.1) is 18.9 Å². The summed E-state index contributed by atoms with van der Waals surface area (Å²) in [6, 6.07) is 10.6. The van der Waals surface area contributed by atoms with Crippen LogP contribution in [-0.4, -0.2) is 55.3 Å². The van der Waals surface area contributed by atoms with E-state index in [2.05, 4.69) is 5.32 Å². The lowest BCUT2D eigenvalue weighted by atomic mass is 10.1. The van der Waals surface area contributed by atoms with Crippen LogP contribution in [0.3, 0.4) is 0 Å². The molecule has 1 heterocycles. The van der Waals surface area contributed by atoms with Gasteiger partial charge in [0.25, 0.3) is 0 Å². The molecule has 2 aromatic carbocycles. The molecule has 0 aromatic heterocycles. The number of benzene rings is 2. The van der Waals surface area contributed by atoms with Crippen molar-refractivity contribution >= 4 is 22.5 Å². The third kappa shape index (κ3) is 3.76. The number of morpholine rings is 1. The topological polar surface area (TPSA) is 93.8 Å². The summed E-state index contributed by atoms with van der Waals surface area (Å²) in [6.07, 6.45) is 0. The zero-order chi connectivity index (χ0) is 17.0.